The van der Waals surface area contributed by atoms with Gasteiger partial charge in [-0.25, -0.2) is 17.5 Å². The first-order valence-corrected chi connectivity index (χ1v) is 11.1. The molecule has 0 spiro atoms. The van der Waals surface area contributed by atoms with Crippen LogP contribution in [0.1, 0.15) is 21.5 Å². The van der Waals surface area contributed by atoms with E-state index in [4.69, 9.17) is 16.3 Å². The summed E-state index contributed by atoms with van der Waals surface area (Å²) in [6.45, 7) is 1.46. The topological polar surface area (TPSA) is 110 Å². The second-order valence-electron chi connectivity index (χ2n) is 6.78. The highest BCUT2D eigenvalue weighted by Gasteiger charge is 2.35. The molecule has 0 aliphatic rings. The lowest BCUT2D eigenvalue weighted by Crippen LogP contribution is -2.21. The van der Waals surface area contributed by atoms with Crippen LogP contribution in [0.5, 0.6) is 11.5 Å². The molecule has 3 aromatic rings. The van der Waals surface area contributed by atoms with Gasteiger partial charge in [-0.05, 0) is 49.9 Å². The number of halogens is 5. The van der Waals surface area contributed by atoms with Crippen LogP contribution < -0.4 is 14.8 Å². The fourth-order valence-corrected chi connectivity index (χ4v) is 3.64. The quantitative estimate of drug-likeness (QED) is 0.463. The summed E-state index contributed by atoms with van der Waals surface area (Å²) in [5.74, 6) is -2.09. The lowest BCUT2D eigenvalue weighted by molar-refractivity contribution is -0.137. The van der Waals surface area contributed by atoms with Gasteiger partial charge in [0.05, 0.1) is 28.0 Å². The zero-order valence-electron chi connectivity index (χ0n) is 17.4. The normalized spacial score (nSPS) is 11.9. The third-order valence-electron chi connectivity index (χ3n) is 4.41. The highest BCUT2D eigenvalue weighted by atomic mass is 35.5. The van der Waals surface area contributed by atoms with Gasteiger partial charge in [0.25, 0.3) is 15.9 Å². The number of carbonyl (C=O) groups is 1. The second-order valence-corrected chi connectivity index (χ2v) is 9.02. The van der Waals surface area contributed by atoms with E-state index < -0.39 is 54.8 Å². The summed E-state index contributed by atoms with van der Waals surface area (Å²) in [5, 5.41) is 7.99. The number of rotatable bonds is 6. The predicted octanol–water partition coefficient (Wildman–Crippen LogP) is 4.55. The van der Waals surface area contributed by atoms with Crippen molar-refractivity contribution in [1.82, 2.24) is 14.9 Å². The number of sulfonamides is 1. The lowest BCUT2D eigenvalue weighted by Gasteiger charge is -2.17. The monoisotopic (exact) mass is 518 g/mol. The van der Waals surface area contributed by atoms with E-state index in [1.807, 2.05) is 4.72 Å². The maximum atomic E-state index is 13.4. The van der Waals surface area contributed by atoms with E-state index in [1.165, 1.54) is 13.0 Å². The van der Waals surface area contributed by atoms with Crippen LogP contribution in [0.3, 0.4) is 0 Å². The predicted molar refractivity (Wildman–Crippen MR) is 114 cm³/mol. The molecule has 2 aromatic carbocycles. The molecule has 2 N–H and O–H groups in total. The van der Waals surface area contributed by atoms with E-state index in [2.05, 4.69) is 15.5 Å². The number of carbonyl (C=O) groups excluding carboxylic acids is 1. The average Bonchev–Trinajstić information content (AvgIpc) is 2.75. The summed E-state index contributed by atoms with van der Waals surface area (Å²) in [6, 6.07) is 5.62. The molecule has 14 heteroatoms. The third-order valence-corrected chi connectivity index (χ3v) is 6.01. The van der Waals surface area contributed by atoms with Gasteiger partial charge in [-0.15, -0.1) is 5.10 Å². The lowest BCUT2D eigenvalue weighted by atomic mass is 10.1. The Labute approximate surface area is 196 Å². The Balaban J connectivity index is 2.05. The molecular formula is C20H15ClF4N4O4S. The minimum Gasteiger partial charge on any atom is -0.456 e. The van der Waals surface area contributed by atoms with Crippen LogP contribution in [0, 0.1) is 12.7 Å². The number of anilines is 1. The Morgan fingerprint density at radius 1 is 1.12 bits per heavy atom. The van der Waals surface area contributed by atoms with Gasteiger partial charge in [0, 0.05) is 6.07 Å². The number of nitrogens with zero attached hydrogens (tertiary/aromatic N) is 2. The SMILES string of the molecule is CNS(=O)(=O)c1cc(NC(=O)c2cc(Cl)c(C(F)(F)F)cc2Oc2ccc(F)cc2C)cnn1. The van der Waals surface area contributed by atoms with Gasteiger partial charge in [0.2, 0.25) is 0 Å². The molecule has 0 bridgehead atoms. The number of hydrogen-bond donors (Lipinski definition) is 2. The molecule has 0 fully saturated rings. The molecule has 1 heterocycles. The highest BCUT2D eigenvalue weighted by Crippen LogP contribution is 2.40. The van der Waals surface area contributed by atoms with Gasteiger partial charge in [0.1, 0.15) is 17.3 Å². The molecule has 0 radical (unpaired) electrons. The first-order chi connectivity index (χ1) is 15.8. The first-order valence-electron chi connectivity index (χ1n) is 9.24. The number of benzene rings is 2. The van der Waals surface area contributed by atoms with Crippen molar-refractivity contribution in [3.8, 4) is 11.5 Å². The zero-order chi connectivity index (χ0) is 25.3. The molecule has 34 heavy (non-hydrogen) atoms. The zero-order valence-corrected chi connectivity index (χ0v) is 18.9. The summed E-state index contributed by atoms with van der Waals surface area (Å²) in [6.07, 6.45) is -3.82. The first kappa shape index (κ1) is 25.3. The molecule has 0 aliphatic carbocycles. The fourth-order valence-electron chi connectivity index (χ4n) is 2.73. The summed E-state index contributed by atoms with van der Waals surface area (Å²) in [7, 11) is -2.84. The van der Waals surface area contributed by atoms with Gasteiger partial charge >= 0.3 is 6.18 Å². The molecule has 0 saturated heterocycles. The van der Waals surface area contributed by atoms with Crippen LogP contribution in [0.25, 0.3) is 0 Å². The van der Waals surface area contributed by atoms with Crippen LogP contribution in [0.15, 0.2) is 47.6 Å². The molecule has 180 valence electrons. The summed E-state index contributed by atoms with van der Waals surface area (Å²) < 4.78 is 85.0. The van der Waals surface area contributed by atoms with Crippen LogP contribution in [0.2, 0.25) is 5.02 Å². The number of nitrogens with one attached hydrogen (secondary N) is 2. The molecule has 8 nitrogen and oxygen atoms in total. The van der Waals surface area contributed by atoms with Crippen molar-refractivity contribution < 1.29 is 35.5 Å². The minimum atomic E-state index is -4.85. The Kier molecular flexibility index (Phi) is 7.10. The van der Waals surface area contributed by atoms with Crippen molar-refractivity contribution in [1.29, 1.82) is 0 Å². The Hall–Kier alpha value is -3.29. The van der Waals surface area contributed by atoms with Crippen LogP contribution in [-0.4, -0.2) is 31.6 Å². The molecule has 3 rings (SSSR count). The van der Waals surface area contributed by atoms with E-state index in [-0.39, 0.29) is 17.0 Å². The van der Waals surface area contributed by atoms with Crippen molar-refractivity contribution >= 4 is 33.2 Å². The number of aromatic nitrogens is 2. The fraction of sp³-hybridized carbons (Fsp3) is 0.150. The Morgan fingerprint density at radius 2 is 1.82 bits per heavy atom. The number of amides is 1. The Bertz CT molecular complexity index is 1370. The van der Waals surface area contributed by atoms with Crippen molar-refractivity contribution in [2.24, 2.45) is 0 Å². The van der Waals surface area contributed by atoms with Gasteiger partial charge in [-0.1, -0.05) is 11.6 Å². The number of aryl methyl sites for hydroxylation is 1. The largest absolute Gasteiger partial charge is 0.456 e. The molecule has 0 saturated carbocycles. The van der Waals surface area contributed by atoms with Crippen molar-refractivity contribution in [2.45, 2.75) is 18.1 Å². The van der Waals surface area contributed by atoms with E-state index in [0.29, 0.717) is 6.07 Å². The van der Waals surface area contributed by atoms with Crippen LogP contribution in [-0.2, 0) is 16.2 Å². The van der Waals surface area contributed by atoms with E-state index in [9.17, 15) is 30.8 Å². The molecule has 0 atom stereocenters. The van der Waals surface area contributed by atoms with Gasteiger partial charge < -0.3 is 10.1 Å². The maximum Gasteiger partial charge on any atom is 0.417 e. The second kappa shape index (κ2) is 9.52. The van der Waals surface area contributed by atoms with E-state index in [1.54, 1.807) is 0 Å². The average molecular weight is 519 g/mol. The summed E-state index contributed by atoms with van der Waals surface area (Å²) in [5.41, 5.74) is -1.52. The summed E-state index contributed by atoms with van der Waals surface area (Å²) in [4.78, 5) is 12.9. The van der Waals surface area contributed by atoms with Crippen molar-refractivity contribution in [3.05, 3.63) is 70.1 Å². The number of ether oxygens (including phenoxy) is 1. The summed E-state index contributed by atoms with van der Waals surface area (Å²) >= 11 is 5.78. The molecule has 0 unspecified atom stereocenters. The molecular weight excluding hydrogens is 504 g/mol. The molecule has 1 aromatic heterocycles. The highest BCUT2D eigenvalue weighted by molar-refractivity contribution is 7.89. The van der Waals surface area contributed by atoms with Gasteiger partial charge in [-0.2, -0.15) is 18.3 Å². The number of alkyl halides is 3. The van der Waals surface area contributed by atoms with E-state index in [0.717, 1.165) is 37.5 Å². The maximum absolute atomic E-state index is 13.4. The molecule has 0 aliphatic heterocycles. The minimum absolute atomic E-state index is 0.00104. The van der Waals surface area contributed by atoms with Gasteiger partial charge in [-0.3, -0.25) is 4.79 Å². The van der Waals surface area contributed by atoms with Gasteiger partial charge in [0.15, 0.2) is 5.03 Å². The van der Waals surface area contributed by atoms with E-state index >= 15 is 0 Å². The van der Waals surface area contributed by atoms with Crippen LogP contribution >= 0.6 is 11.6 Å². The smallest absolute Gasteiger partial charge is 0.417 e. The Morgan fingerprint density at radius 3 is 2.44 bits per heavy atom. The van der Waals surface area contributed by atoms with Crippen molar-refractivity contribution in [3.63, 3.8) is 0 Å². The molecule has 1 amide bonds. The standard InChI is InChI=1S/C20H15ClF4N4O4S/c1-10-5-11(22)3-4-16(10)33-17-8-14(20(23,24)25)15(21)7-13(17)19(30)28-12-6-18(29-27-9-12)34(31,32)26-2/h3-9,26H,1-2H3,(H,28,29,30). The van der Waals surface area contributed by atoms with Crippen LogP contribution in [0.4, 0.5) is 23.2 Å². The third kappa shape index (κ3) is 5.61. The van der Waals surface area contributed by atoms with Crippen molar-refractivity contribution in [2.75, 3.05) is 12.4 Å². The number of hydrogen-bond acceptors (Lipinski definition) is 6.